The Labute approximate surface area is 106 Å². The number of amides is 2. The van der Waals surface area contributed by atoms with Crippen LogP contribution in [0, 0.1) is 0 Å². The quantitative estimate of drug-likeness (QED) is 0.837. The van der Waals surface area contributed by atoms with E-state index in [1.807, 2.05) is 6.92 Å². The van der Waals surface area contributed by atoms with E-state index in [1.54, 1.807) is 25.4 Å². The van der Waals surface area contributed by atoms with Crippen LogP contribution in [0.4, 0.5) is 4.79 Å². The van der Waals surface area contributed by atoms with Crippen molar-refractivity contribution in [3.05, 3.63) is 24.2 Å². The standard InChI is InChI=1S/C12H18N2O4/c1-3-14(7-6-11(15)16)12(17)13(2)9-10-5-4-8-18-10/h4-5,8H,3,6-7,9H2,1-2H3,(H,15,16). The summed E-state index contributed by atoms with van der Waals surface area (Å²) < 4.78 is 5.16. The number of carboxylic acid groups (broad SMARTS) is 1. The first-order chi connectivity index (χ1) is 8.54. The van der Waals surface area contributed by atoms with Gasteiger partial charge < -0.3 is 19.3 Å². The van der Waals surface area contributed by atoms with E-state index in [2.05, 4.69) is 0 Å². The molecule has 0 radical (unpaired) electrons. The normalized spacial score (nSPS) is 10.1. The number of carbonyl (C=O) groups excluding carboxylic acids is 1. The summed E-state index contributed by atoms with van der Waals surface area (Å²) in [6.45, 7) is 2.89. The molecule has 0 aliphatic carbocycles. The predicted octanol–water partition coefficient (Wildman–Crippen LogP) is 1.63. The van der Waals surface area contributed by atoms with Crippen LogP contribution >= 0.6 is 0 Å². The summed E-state index contributed by atoms with van der Waals surface area (Å²) in [6, 6.07) is 3.35. The largest absolute Gasteiger partial charge is 0.481 e. The van der Waals surface area contributed by atoms with Gasteiger partial charge in [-0.3, -0.25) is 4.79 Å². The van der Waals surface area contributed by atoms with Crippen molar-refractivity contribution in [2.45, 2.75) is 19.9 Å². The molecule has 18 heavy (non-hydrogen) atoms. The van der Waals surface area contributed by atoms with Gasteiger partial charge in [-0.05, 0) is 19.1 Å². The van der Waals surface area contributed by atoms with Crippen molar-refractivity contribution in [2.24, 2.45) is 0 Å². The predicted molar refractivity (Wildman–Crippen MR) is 65.1 cm³/mol. The lowest BCUT2D eigenvalue weighted by Gasteiger charge is -2.26. The van der Waals surface area contributed by atoms with Gasteiger partial charge in [0.05, 0.1) is 19.2 Å². The van der Waals surface area contributed by atoms with E-state index >= 15 is 0 Å². The number of hydrogen-bond donors (Lipinski definition) is 1. The Morgan fingerprint density at radius 1 is 1.44 bits per heavy atom. The molecule has 0 saturated carbocycles. The Hall–Kier alpha value is -1.98. The number of rotatable bonds is 6. The molecule has 1 N–H and O–H groups in total. The number of nitrogens with zero attached hydrogens (tertiary/aromatic N) is 2. The second kappa shape index (κ2) is 6.68. The van der Waals surface area contributed by atoms with Crippen LogP contribution in [0.25, 0.3) is 0 Å². The molecular formula is C12H18N2O4. The van der Waals surface area contributed by atoms with E-state index < -0.39 is 5.97 Å². The molecule has 6 nitrogen and oxygen atoms in total. The SMILES string of the molecule is CCN(CCC(=O)O)C(=O)N(C)Cc1ccco1. The Kier molecular flexibility index (Phi) is 5.23. The van der Waals surface area contributed by atoms with E-state index in [1.165, 1.54) is 9.80 Å². The van der Waals surface area contributed by atoms with E-state index in [-0.39, 0.29) is 19.0 Å². The van der Waals surface area contributed by atoms with Gasteiger partial charge in [-0.1, -0.05) is 0 Å². The van der Waals surface area contributed by atoms with Gasteiger partial charge in [-0.15, -0.1) is 0 Å². The van der Waals surface area contributed by atoms with Gasteiger partial charge in [-0.2, -0.15) is 0 Å². The van der Waals surface area contributed by atoms with E-state index in [0.29, 0.717) is 18.8 Å². The molecule has 6 heteroatoms. The average molecular weight is 254 g/mol. The first-order valence-electron chi connectivity index (χ1n) is 5.78. The van der Waals surface area contributed by atoms with Crippen LogP contribution in [0.5, 0.6) is 0 Å². The number of hydrogen-bond acceptors (Lipinski definition) is 3. The van der Waals surface area contributed by atoms with Crippen LogP contribution in [-0.4, -0.2) is 47.0 Å². The molecule has 2 amide bonds. The Morgan fingerprint density at radius 2 is 2.17 bits per heavy atom. The monoisotopic (exact) mass is 254 g/mol. The molecule has 1 heterocycles. The summed E-state index contributed by atoms with van der Waals surface area (Å²) >= 11 is 0. The fourth-order valence-corrected chi connectivity index (χ4v) is 1.56. The van der Waals surface area contributed by atoms with Crippen molar-refractivity contribution in [1.29, 1.82) is 0 Å². The molecule has 0 bridgehead atoms. The molecular weight excluding hydrogens is 236 g/mol. The molecule has 100 valence electrons. The maximum Gasteiger partial charge on any atom is 0.320 e. The minimum Gasteiger partial charge on any atom is -0.481 e. The summed E-state index contributed by atoms with van der Waals surface area (Å²) in [7, 11) is 1.66. The Balaban J connectivity index is 2.51. The molecule has 0 atom stereocenters. The second-order valence-corrected chi connectivity index (χ2v) is 3.94. The number of aliphatic carboxylic acids is 1. The highest BCUT2D eigenvalue weighted by Crippen LogP contribution is 2.06. The lowest BCUT2D eigenvalue weighted by atomic mass is 10.3. The summed E-state index contributed by atoms with van der Waals surface area (Å²) in [5.74, 6) is -0.213. The van der Waals surface area contributed by atoms with Gasteiger partial charge >= 0.3 is 12.0 Å². The van der Waals surface area contributed by atoms with Crippen LogP contribution in [0.2, 0.25) is 0 Å². The van der Waals surface area contributed by atoms with Crippen molar-refractivity contribution in [2.75, 3.05) is 20.1 Å². The van der Waals surface area contributed by atoms with E-state index in [4.69, 9.17) is 9.52 Å². The third kappa shape index (κ3) is 4.12. The highest BCUT2D eigenvalue weighted by molar-refractivity contribution is 5.75. The highest BCUT2D eigenvalue weighted by Gasteiger charge is 2.18. The van der Waals surface area contributed by atoms with Crippen LogP contribution in [-0.2, 0) is 11.3 Å². The topological polar surface area (TPSA) is 74.0 Å². The smallest absolute Gasteiger partial charge is 0.320 e. The lowest BCUT2D eigenvalue weighted by molar-refractivity contribution is -0.137. The molecule has 1 rings (SSSR count). The van der Waals surface area contributed by atoms with Crippen molar-refractivity contribution >= 4 is 12.0 Å². The van der Waals surface area contributed by atoms with Gasteiger partial charge in [0.15, 0.2) is 0 Å². The number of urea groups is 1. The van der Waals surface area contributed by atoms with Gasteiger partial charge in [0.25, 0.3) is 0 Å². The van der Waals surface area contributed by atoms with Gasteiger partial charge in [0, 0.05) is 20.1 Å². The van der Waals surface area contributed by atoms with Crippen LogP contribution in [0.1, 0.15) is 19.1 Å². The third-order valence-corrected chi connectivity index (χ3v) is 2.55. The molecule has 0 aliphatic rings. The van der Waals surface area contributed by atoms with Gasteiger partial charge in [0.1, 0.15) is 5.76 Å². The maximum atomic E-state index is 12.0. The summed E-state index contributed by atoms with van der Waals surface area (Å²) in [6.07, 6.45) is 1.50. The lowest BCUT2D eigenvalue weighted by Crippen LogP contribution is -2.41. The highest BCUT2D eigenvalue weighted by atomic mass is 16.4. The van der Waals surface area contributed by atoms with E-state index in [9.17, 15) is 9.59 Å². The van der Waals surface area contributed by atoms with Crippen LogP contribution < -0.4 is 0 Å². The zero-order valence-corrected chi connectivity index (χ0v) is 10.6. The number of furan rings is 1. The summed E-state index contributed by atoms with van der Waals surface area (Å²) in [5, 5.41) is 8.62. The molecule has 0 aliphatic heterocycles. The number of carboxylic acids is 1. The summed E-state index contributed by atoms with van der Waals surface area (Å²) in [4.78, 5) is 25.5. The molecule has 1 aromatic heterocycles. The van der Waals surface area contributed by atoms with Crippen LogP contribution in [0.15, 0.2) is 22.8 Å². The summed E-state index contributed by atoms with van der Waals surface area (Å²) in [5.41, 5.74) is 0. The Bertz CT molecular complexity index is 389. The molecule has 0 saturated heterocycles. The van der Waals surface area contributed by atoms with E-state index in [0.717, 1.165) is 0 Å². The second-order valence-electron chi connectivity index (χ2n) is 3.94. The zero-order valence-electron chi connectivity index (χ0n) is 10.6. The molecule has 0 spiro atoms. The fraction of sp³-hybridized carbons (Fsp3) is 0.500. The van der Waals surface area contributed by atoms with Crippen molar-refractivity contribution in [1.82, 2.24) is 9.80 Å². The molecule has 0 aromatic carbocycles. The van der Waals surface area contributed by atoms with Crippen molar-refractivity contribution in [3.63, 3.8) is 0 Å². The molecule has 0 unspecified atom stereocenters. The Morgan fingerprint density at radius 3 is 2.67 bits per heavy atom. The maximum absolute atomic E-state index is 12.0. The minimum atomic E-state index is -0.907. The first kappa shape index (κ1) is 14.1. The van der Waals surface area contributed by atoms with Crippen molar-refractivity contribution in [3.8, 4) is 0 Å². The number of carbonyl (C=O) groups is 2. The van der Waals surface area contributed by atoms with Crippen molar-refractivity contribution < 1.29 is 19.1 Å². The van der Waals surface area contributed by atoms with Gasteiger partial charge in [0.2, 0.25) is 0 Å². The van der Waals surface area contributed by atoms with Gasteiger partial charge in [-0.25, -0.2) is 4.79 Å². The average Bonchev–Trinajstić information content (AvgIpc) is 2.81. The fourth-order valence-electron chi connectivity index (χ4n) is 1.56. The molecule has 1 aromatic rings. The minimum absolute atomic E-state index is 0.0474. The third-order valence-electron chi connectivity index (χ3n) is 2.55. The van der Waals surface area contributed by atoms with Crippen LogP contribution in [0.3, 0.4) is 0 Å². The zero-order chi connectivity index (χ0) is 13.5. The molecule has 0 fully saturated rings. The first-order valence-corrected chi connectivity index (χ1v) is 5.78.